The molecular formula is C9H22N2Si. The molecule has 1 aliphatic rings. The monoisotopic (exact) mass is 186 g/mol. The predicted octanol–water partition coefficient (Wildman–Crippen LogP) is 1.58. The number of nitrogens with zero attached hydrogens (tertiary/aromatic N) is 1. The second-order valence-corrected chi connectivity index (χ2v) is 10.6. The maximum absolute atomic E-state index is 3.41. The fourth-order valence-electron chi connectivity index (χ4n) is 1.43. The van der Waals surface area contributed by atoms with Crippen molar-refractivity contribution < 1.29 is 0 Å². The van der Waals surface area contributed by atoms with Crippen LogP contribution in [0.2, 0.25) is 25.7 Å². The van der Waals surface area contributed by atoms with Gasteiger partial charge in [0.2, 0.25) is 0 Å². The third-order valence-electron chi connectivity index (χ3n) is 2.34. The molecule has 0 spiro atoms. The molecule has 1 rings (SSSR count). The Morgan fingerprint density at radius 1 is 1.33 bits per heavy atom. The van der Waals surface area contributed by atoms with Crippen LogP contribution in [-0.4, -0.2) is 39.3 Å². The normalized spacial score (nSPS) is 21.2. The summed E-state index contributed by atoms with van der Waals surface area (Å²) in [5, 5.41) is 3.41. The van der Waals surface area contributed by atoms with Gasteiger partial charge in [0.25, 0.3) is 0 Å². The molecule has 72 valence electrons. The molecule has 0 radical (unpaired) electrons. The second kappa shape index (κ2) is 4.39. The molecule has 1 N–H and O–H groups in total. The van der Waals surface area contributed by atoms with Crippen molar-refractivity contribution in [1.29, 1.82) is 0 Å². The SMILES string of the molecule is C[Si](C)(C)CCN1CCCNC1. The average Bonchev–Trinajstić information content (AvgIpc) is 2.02. The Balaban J connectivity index is 2.13. The van der Waals surface area contributed by atoms with Crippen molar-refractivity contribution in [1.82, 2.24) is 10.2 Å². The molecule has 1 heterocycles. The van der Waals surface area contributed by atoms with Gasteiger partial charge in [-0.05, 0) is 25.6 Å². The molecule has 1 aliphatic heterocycles. The van der Waals surface area contributed by atoms with Crippen molar-refractivity contribution in [3.63, 3.8) is 0 Å². The minimum absolute atomic E-state index is 0.811. The van der Waals surface area contributed by atoms with E-state index in [4.69, 9.17) is 0 Å². The van der Waals surface area contributed by atoms with E-state index in [2.05, 4.69) is 29.9 Å². The molecule has 2 nitrogen and oxygen atoms in total. The maximum Gasteiger partial charge on any atom is 0.0480 e. The van der Waals surface area contributed by atoms with Gasteiger partial charge < -0.3 is 5.32 Å². The lowest BCUT2D eigenvalue weighted by molar-refractivity contribution is 0.225. The van der Waals surface area contributed by atoms with Crippen LogP contribution in [0.3, 0.4) is 0 Å². The van der Waals surface area contributed by atoms with E-state index in [1.54, 1.807) is 0 Å². The fourth-order valence-corrected chi connectivity index (χ4v) is 2.42. The van der Waals surface area contributed by atoms with Crippen LogP contribution in [0.5, 0.6) is 0 Å². The zero-order valence-corrected chi connectivity index (χ0v) is 9.69. The molecule has 1 saturated heterocycles. The summed E-state index contributed by atoms with van der Waals surface area (Å²) in [6.45, 7) is 12.3. The second-order valence-electron chi connectivity index (χ2n) is 4.94. The lowest BCUT2D eigenvalue weighted by Crippen LogP contribution is -2.43. The molecule has 0 amide bonds. The first-order chi connectivity index (χ1) is 5.58. The van der Waals surface area contributed by atoms with Gasteiger partial charge in [0.1, 0.15) is 0 Å². The minimum atomic E-state index is -0.811. The first-order valence-corrected chi connectivity index (χ1v) is 8.72. The van der Waals surface area contributed by atoms with Gasteiger partial charge in [0.05, 0.1) is 0 Å². The standard InChI is InChI=1S/C9H22N2Si/c1-12(2,3)8-7-11-6-4-5-10-9-11/h10H,4-9H2,1-3H3. The number of nitrogens with one attached hydrogen (secondary N) is 1. The van der Waals surface area contributed by atoms with Crippen molar-refractivity contribution in [2.75, 3.05) is 26.3 Å². The lowest BCUT2D eigenvalue weighted by atomic mass is 10.3. The van der Waals surface area contributed by atoms with Crippen molar-refractivity contribution in [2.24, 2.45) is 0 Å². The zero-order valence-electron chi connectivity index (χ0n) is 8.69. The molecule has 0 unspecified atom stereocenters. The Morgan fingerprint density at radius 3 is 2.58 bits per heavy atom. The summed E-state index contributed by atoms with van der Waals surface area (Å²) in [5.41, 5.74) is 0. The lowest BCUT2D eigenvalue weighted by Gasteiger charge is -2.29. The van der Waals surface area contributed by atoms with Crippen molar-refractivity contribution in [2.45, 2.75) is 32.1 Å². The largest absolute Gasteiger partial charge is 0.304 e. The van der Waals surface area contributed by atoms with E-state index in [0.29, 0.717) is 0 Å². The van der Waals surface area contributed by atoms with E-state index in [0.717, 1.165) is 6.67 Å². The van der Waals surface area contributed by atoms with Crippen molar-refractivity contribution >= 4 is 8.07 Å². The van der Waals surface area contributed by atoms with Crippen LogP contribution < -0.4 is 5.32 Å². The van der Waals surface area contributed by atoms with Crippen LogP contribution in [0, 0.1) is 0 Å². The molecule has 0 atom stereocenters. The highest BCUT2D eigenvalue weighted by atomic mass is 28.3. The van der Waals surface area contributed by atoms with E-state index in [-0.39, 0.29) is 0 Å². The van der Waals surface area contributed by atoms with Gasteiger partial charge in [-0.1, -0.05) is 19.6 Å². The van der Waals surface area contributed by atoms with Crippen LogP contribution in [0.4, 0.5) is 0 Å². The Bertz CT molecular complexity index is 125. The van der Waals surface area contributed by atoms with Crippen LogP contribution in [-0.2, 0) is 0 Å². The van der Waals surface area contributed by atoms with Gasteiger partial charge in [-0.3, -0.25) is 4.90 Å². The first kappa shape index (κ1) is 10.2. The summed E-state index contributed by atoms with van der Waals surface area (Å²) in [5.74, 6) is 0. The predicted molar refractivity (Wildman–Crippen MR) is 57.2 cm³/mol. The molecular weight excluding hydrogens is 164 g/mol. The molecule has 3 heteroatoms. The van der Waals surface area contributed by atoms with Gasteiger partial charge in [-0.15, -0.1) is 0 Å². The summed E-state index contributed by atoms with van der Waals surface area (Å²) in [6.07, 6.45) is 1.33. The quantitative estimate of drug-likeness (QED) is 0.673. The van der Waals surface area contributed by atoms with Crippen molar-refractivity contribution in [3.05, 3.63) is 0 Å². The summed E-state index contributed by atoms with van der Waals surface area (Å²) in [6, 6.07) is 1.44. The molecule has 0 aromatic heterocycles. The van der Waals surface area contributed by atoms with Gasteiger partial charge in [-0.2, -0.15) is 0 Å². The van der Waals surface area contributed by atoms with Gasteiger partial charge in [-0.25, -0.2) is 0 Å². The summed E-state index contributed by atoms with van der Waals surface area (Å²) in [4.78, 5) is 2.54. The minimum Gasteiger partial charge on any atom is -0.304 e. The van der Waals surface area contributed by atoms with Crippen LogP contribution in [0.15, 0.2) is 0 Å². The Morgan fingerprint density at radius 2 is 2.08 bits per heavy atom. The summed E-state index contributed by atoms with van der Waals surface area (Å²) >= 11 is 0. The maximum atomic E-state index is 3.41. The highest BCUT2D eigenvalue weighted by molar-refractivity contribution is 6.76. The Kier molecular flexibility index (Phi) is 3.74. The highest BCUT2D eigenvalue weighted by Crippen LogP contribution is 2.09. The summed E-state index contributed by atoms with van der Waals surface area (Å²) < 4.78 is 0. The molecule has 0 bridgehead atoms. The molecule has 0 aliphatic carbocycles. The van der Waals surface area contributed by atoms with E-state index < -0.39 is 8.07 Å². The van der Waals surface area contributed by atoms with E-state index in [1.807, 2.05) is 0 Å². The van der Waals surface area contributed by atoms with Crippen LogP contribution in [0.1, 0.15) is 6.42 Å². The third-order valence-corrected chi connectivity index (χ3v) is 4.06. The van der Waals surface area contributed by atoms with Gasteiger partial charge >= 0.3 is 0 Å². The van der Waals surface area contributed by atoms with Crippen LogP contribution in [0.25, 0.3) is 0 Å². The molecule has 0 aromatic rings. The van der Waals surface area contributed by atoms with Crippen LogP contribution >= 0.6 is 0 Å². The Hall–Kier alpha value is 0.137. The number of hydrogen-bond acceptors (Lipinski definition) is 2. The number of hydrogen-bond donors (Lipinski definition) is 1. The molecule has 0 saturated carbocycles. The van der Waals surface area contributed by atoms with E-state index >= 15 is 0 Å². The molecule has 1 fully saturated rings. The topological polar surface area (TPSA) is 15.3 Å². The molecule has 12 heavy (non-hydrogen) atoms. The average molecular weight is 186 g/mol. The smallest absolute Gasteiger partial charge is 0.0480 e. The third kappa shape index (κ3) is 4.23. The van der Waals surface area contributed by atoms with E-state index in [9.17, 15) is 0 Å². The first-order valence-electron chi connectivity index (χ1n) is 5.01. The van der Waals surface area contributed by atoms with Crippen molar-refractivity contribution in [3.8, 4) is 0 Å². The van der Waals surface area contributed by atoms with E-state index in [1.165, 1.54) is 32.1 Å². The van der Waals surface area contributed by atoms with Gasteiger partial charge in [0.15, 0.2) is 0 Å². The number of rotatable bonds is 3. The molecule has 0 aromatic carbocycles. The Labute approximate surface area is 77.3 Å². The fraction of sp³-hybridized carbons (Fsp3) is 1.00. The highest BCUT2D eigenvalue weighted by Gasteiger charge is 2.16. The van der Waals surface area contributed by atoms with Gasteiger partial charge in [0, 0.05) is 21.3 Å². The summed E-state index contributed by atoms with van der Waals surface area (Å²) in [7, 11) is -0.811. The zero-order chi connectivity index (χ0) is 9.03.